The van der Waals surface area contributed by atoms with Gasteiger partial charge < -0.3 is 24.8 Å². The smallest absolute Gasteiger partial charge is 0.222 e. The van der Waals surface area contributed by atoms with Crippen molar-refractivity contribution in [1.82, 2.24) is 30.3 Å². The molecule has 33 heavy (non-hydrogen) atoms. The molecule has 1 saturated heterocycles. The quantitative estimate of drug-likeness (QED) is 0.209. The van der Waals surface area contributed by atoms with Crippen LogP contribution in [-0.4, -0.2) is 58.3 Å². The average Bonchev–Trinajstić information content (AvgIpc) is 2.99. The zero-order valence-corrected chi connectivity index (χ0v) is 22.2. The Hall–Kier alpha value is -2.37. The number of rotatable bonds is 9. The lowest BCUT2D eigenvalue weighted by Gasteiger charge is -2.21. The van der Waals surface area contributed by atoms with E-state index in [1.54, 1.807) is 7.11 Å². The highest BCUT2D eigenvalue weighted by Crippen LogP contribution is 2.12. The Balaban J connectivity index is 0.00000385. The van der Waals surface area contributed by atoms with Crippen molar-refractivity contribution in [2.75, 3.05) is 26.7 Å². The summed E-state index contributed by atoms with van der Waals surface area (Å²) >= 11 is 0. The average molecular weight is 569 g/mol. The number of nitrogens with zero attached hydrogens (tertiary/aromatic N) is 5. The molecule has 0 atom stereocenters. The van der Waals surface area contributed by atoms with Crippen LogP contribution in [0, 0.1) is 6.92 Å². The highest BCUT2D eigenvalue weighted by Gasteiger charge is 2.15. The van der Waals surface area contributed by atoms with E-state index in [4.69, 9.17) is 9.73 Å². The van der Waals surface area contributed by atoms with Crippen LogP contribution >= 0.6 is 24.0 Å². The summed E-state index contributed by atoms with van der Waals surface area (Å²) < 4.78 is 7.18. The van der Waals surface area contributed by atoms with Gasteiger partial charge in [-0.15, -0.1) is 34.2 Å². The van der Waals surface area contributed by atoms with E-state index in [1.807, 2.05) is 47.7 Å². The van der Waals surface area contributed by atoms with E-state index >= 15 is 0 Å². The number of likely N-dealkylation sites (tertiary alicyclic amines) is 1. The van der Waals surface area contributed by atoms with Crippen molar-refractivity contribution >= 4 is 35.8 Å². The summed E-state index contributed by atoms with van der Waals surface area (Å²) in [6.07, 6.45) is 4.82. The Morgan fingerprint density at radius 2 is 1.94 bits per heavy atom. The Kier molecular flexibility index (Phi) is 11.4. The van der Waals surface area contributed by atoms with Gasteiger partial charge in [-0.25, -0.2) is 4.99 Å². The third-order valence-electron chi connectivity index (χ3n) is 5.74. The number of amides is 1. The fourth-order valence-electron chi connectivity index (χ4n) is 3.60. The number of ether oxygens (including phenoxy) is 1. The van der Waals surface area contributed by atoms with E-state index in [-0.39, 0.29) is 29.9 Å². The Labute approximate surface area is 213 Å². The molecule has 10 heteroatoms. The molecule has 2 aromatic rings. The standard InChI is InChI=1S/C23H35N7O2.HI/c1-18-27-28-21(29(18)2)17-26-23(25-16-19-9-11-20(32-3)12-10-19)24-13-7-15-30-14-6-4-5-8-22(30)31;/h9-12H,4-8,13-17H2,1-3H3,(H2,24,25,26);1H. The van der Waals surface area contributed by atoms with Crippen molar-refractivity contribution < 1.29 is 9.53 Å². The summed E-state index contributed by atoms with van der Waals surface area (Å²) in [5, 5.41) is 15.1. The van der Waals surface area contributed by atoms with Gasteiger partial charge in [0.05, 0.1) is 20.2 Å². The normalized spacial score (nSPS) is 14.5. The molecule has 2 N–H and O–H groups in total. The van der Waals surface area contributed by atoms with Crippen molar-refractivity contribution in [2.24, 2.45) is 12.0 Å². The highest BCUT2D eigenvalue weighted by atomic mass is 127. The largest absolute Gasteiger partial charge is 0.497 e. The number of nitrogens with one attached hydrogen (secondary N) is 2. The molecule has 1 fully saturated rings. The van der Waals surface area contributed by atoms with E-state index < -0.39 is 0 Å². The number of carbonyl (C=O) groups excluding carboxylic acids is 1. The molecule has 1 aliphatic heterocycles. The van der Waals surface area contributed by atoms with Gasteiger partial charge in [0.25, 0.3) is 0 Å². The van der Waals surface area contributed by atoms with Crippen molar-refractivity contribution in [3.05, 3.63) is 41.5 Å². The second-order valence-electron chi connectivity index (χ2n) is 8.06. The monoisotopic (exact) mass is 569 g/mol. The minimum Gasteiger partial charge on any atom is -0.497 e. The first-order chi connectivity index (χ1) is 15.6. The minimum absolute atomic E-state index is 0. The number of hydrogen-bond acceptors (Lipinski definition) is 5. The number of methoxy groups -OCH3 is 1. The summed E-state index contributed by atoms with van der Waals surface area (Å²) in [6.45, 7) is 5.38. The molecule has 182 valence electrons. The van der Waals surface area contributed by atoms with Crippen LogP contribution in [0.3, 0.4) is 0 Å². The molecular weight excluding hydrogens is 533 g/mol. The maximum atomic E-state index is 12.2. The second kappa shape index (κ2) is 14.0. The number of aliphatic imine (C=N–C) groups is 1. The van der Waals surface area contributed by atoms with Gasteiger partial charge in [-0.1, -0.05) is 18.6 Å². The number of halogens is 1. The molecule has 1 amide bonds. The minimum atomic E-state index is 0. The predicted molar refractivity (Wildman–Crippen MR) is 140 cm³/mol. The molecule has 0 unspecified atom stereocenters. The van der Waals surface area contributed by atoms with E-state index in [2.05, 4.69) is 20.8 Å². The lowest BCUT2D eigenvalue weighted by molar-refractivity contribution is -0.130. The molecule has 0 aliphatic carbocycles. The lowest BCUT2D eigenvalue weighted by atomic mass is 10.2. The fraction of sp³-hybridized carbons (Fsp3) is 0.565. The van der Waals surface area contributed by atoms with Crippen LogP contribution in [0.4, 0.5) is 0 Å². The summed E-state index contributed by atoms with van der Waals surface area (Å²) in [4.78, 5) is 18.9. The van der Waals surface area contributed by atoms with Gasteiger partial charge >= 0.3 is 0 Å². The van der Waals surface area contributed by atoms with Gasteiger partial charge in [0.2, 0.25) is 5.91 Å². The molecule has 0 saturated carbocycles. The van der Waals surface area contributed by atoms with E-state index in [0.29, 0.717) is 25.5 Å². The second-order valence-corrected chi connectivity index (χ2v) is 8.06. The van der Waals surface area contributed by atoms with Gasteiger partial charge in [0, 0.05) is 33.1 Å². The summed E-state index contributed by atoms with van der Waals surface area (Å²) in [7, 11) is 3.61. The molecule has 2 heterocycles. The summed E-state index contributed by atoms with van der Waals surface area (Å²) in [5.74, 6) is 3.54. The molecule has 0 radical (unpaired) electrons. The van der Waals surface area contributed by atoms with Gasteiger partial charge in [-0.2, -0.15) is 0 Å². The number of carbonyl (C=O) groups is 1. The summed E-state index contributed by atoms with van der Waals surface area (Å²) in [6, 6.07) is 7.89. The molecular formula is C23H36IN7O2. The van der Waals surface area contributed by atoms with Crippen LogP contribution < -0.4 is 15.4 Å². The van der Waals surface area contributed by atoms with E-state index in [9.17, 15) is 4.79 Å². The van der Waals surface area contributed by atoms with Gasteiger partial charge in [0.15, 0.2) is 11.8 Å². The fourth-order valence-corrected chi connectivity index (χ4v) is 3.60. The Morgan fingerprint density at radius 1 is 1.15 bits per heavy atom. The number of aromatic nitrogens is 3. The molecule has 0 spiro atoms. The topological polar surface area (TPSA) is 96.7 Å². The lowest BCUT2D eigenvalue weighted by Crippen LogP contribution is -2.39. The first-order valence-corrected chi connectivity index (χ1v) is 11.3. The third kappa shape index (κ3) is 8.49. The van der Waals surface area contributed by atoms with Crippen LogP contribution in [0.25, 0.3) is 0 Å². The van der Waals surface area contributed by atoms with Crippen molar-refractivity contribution in [3.8, 4) is 5.75 Å². The maximum Gasteiger partial charge on any atom is 0.222 e. The van der Waals surface area contributed by atoms with Crippen LogP contribution in [0.15, 0.2) is 29.3 Å². The highest BCUT2D eigenvalue weighted by molar-refractivity contribution is 14.0. The SMILES string of the molecule is COc1ccc(CN=C(NCCCN2CCCCCC2=O)NCc2nnc(C)n2C)cc1.I. The van der Waals surface area contributed by atoms with Crippen LogP contribution in [-0.2, 0) is 24.9 Å². The number of guanidine groups is 1. The van der Waals surface area contributed by atoms with Crippen molar-refractivity contribution in [3.63, 3.8) is 0 Å². The molecule has 1 aromatic carbocycles. The van der Waals surface area contributed by atoms with Crippen LogP contribution in [0.1, 0.15) is 49.3 Å². The molecule has 9 nitrogen and oxygen atoms in total. The molecule has 1 aliphatic rings. The van der Waals surface area contributed by atoms with Crippen LogP contribution in [0.5, 0.6) is 5.75 Å². The van der Waals surface area contributed by atoms with Crippen molar-refractivity contribution in [1.29, 1.82) is 0 Å². The van der Waals surface area contributed by atoms with E-state index in [0.717, 1.165) is 68.3 Å². The third-order valence-corrected chi connectivity index (χ3v) is 5.74. The zero-order valence-electron chi connectivity index (χ0n) is 19.8. The molecule has 1 aromatic heterocycles. The van der Waals surface area contributed by atoms with Crippen molar-refractivity contribution in [2.45, 2.75) is 52.1 Å². The first-order valence-electron chi connectivity index (χ1n) is 11.3. The number of aryl methyl sites for hydroxylation is 1. The maximum absolute atomic E-state index is 12.2. The Bertz CT molecular complexity index is 899. The molecule has 3 rings (SSSR count). The predicted octanol–water partition coefficient (Wildman–Crippen LogP) is 2.78. The van der Waals surface area contributed by atoms with Gasteiger partial charge in [-0.3, -0.25) is 4.79 Å². The van der Waals surface area contributed by atoms with Crippen LogP contribution in [0.2, 0.25) is 0 Å². The molecule has 0 bridgehead atoms. The number of hydrogen-bond donors (Lipinski definition) is 2. The van der Waals surface area contributed by atoms with Gasteiger partial charge in [0.1, 0.15) is 11.6 Å². The zero-order chi connectivity index (χ0) is 22.8. The first kappa shape index (κ1) is 26.9. The van der Waals surface area contributed by atoms with E-state index in [1.165, 1.54) is 0 Å². The summed E-state index contributed by atoms with van der Waals surface area (Å²) in [5.41, 5.74) is 1.09. The van der Waals surface area contributed by atoms with Gasteiger partial charge in [-0.05, 0) is 43.9 Å². The Morgan fingerprint density at radius 3 is 2.64 bits per heavy atom. The number of benzene rings is 1.